The van der Waals surface area contributed by atoms with Gasteiger partial charge in [-0.2, -0.15) is 0 Å². The minimum Gasteiger partial charge on any atom is -0.497 e. The summed E-state index contributed by atoms with van der Waals surface area (Å²) in [4.78, 5) is 24.6. The van der Waals surface area contributed by atoms with Crippen LogP contribution < -0.4 is 4.74 Å². The van der Waals surface area contributed by atoms with Crippen molar-refractivity contribution >= 4 is 11.9 Å². The van der Waals surface area contributed by atoms with Crippen molar-refractivity contribution in [1.82, 2.24) is 4.90 Å². The maximum atomic E-state index is 12.2. The van der Waals surface area contributed by atoms with Gasteiger partial charge in [-0.05, 0) is 24.1 Å². The van der Waals surface area contributed by atoms with Gasteiger partial charge in [0.05, 0.1) is 26.2 Å². The molecule has 0 bridgehead atoms. The number of aliphatic carboxylic acids is 1. The average Bonchev–Trinajstić information content (AvgIpc) is 2.52. The molecular weight excluding hydrogens is 286 g/mol. The van der Waals surface area contributed by atoms with Gasteiger partial charge in [0.25, 0.3) is 0 Å². The van der Waals surface area contributed by atoms with Crippen molar-refractivity contribution in [3.05, 3.63) is 29.8 Å². The number of nitrogens with zero attached hydrogens (tertiary/aromatic N) is 1. The quantitative estimate of drug-likeness (QED) is 0.858. The lowest BCUT2D eigenvalue weighted by atomic mass is 10.1. The second-order valence-electron chi connectivity index (χ2n) is 5.28. The summed E-state index contributed by atoms with van der Waals surface area (Å²) >= 11 is 0. The summed E-state index contributed by atoms with van der Waals surface area (Å²) in [6, 6.07) is 7.63. The van der Waals surface area contributed by atoms with Crippen LogP contribution in [0.15, 0.2) is 24.3 Å². The molecule has 6 nitrogen and oxygen atoms in total. The summed E-state index contributed by atoms with van der Waals surface area (Å²) in [6.45, 7) is 1.28. The van der Waals surface area contributed by atoms with Crippen LogP contribution in [0.25, 0.3) is 0 Å². The second kappa shape index (κ2) is 7.79. The van der Waals surface area contributed by atoms with Crippen LogP contribution >= 0.6 is 0 Å². The molecule has 1 N–H and O–H groups in total. The molecule has 1 aromatic rings. The number of hydrogen-bond acceptors (Lipinski definition) is 4. The van der Waals surface area contributed by atoms with Crippen LogP contribution in [0.2, 0.25) is 0 Å². The van der Waals surface area contributed by atoms with Gasteiger partial charge in [-0.3, -0.25) is 9.59 Å². The highest BCUT2D eigenvalue weighted by molar-refractivity contribution is 5.76. The number of ether oxygens (including phenoxy) is 2. The smallest absolute Gasteiger partial charge is 0.306 e. The number of aryl methyl sites for hydroxylation is 1. The monoisotopic (exact) mass is 307 g/mol. The molecule has 1 heterocycles. The summed E-state index contributed by atoms with van der Waals surface area (Å²) in [5, 5.41) is 8.79. The maximum Gasteiger partial charge on any atom is 0.306 e. The molecule has 0 aromatic heterocycles. The molecule has 1 amide bonds. The number of rotatable bonds is 6. The largest absolute Gasteiger partial charge is 0.497 e. The Hall–Kier alpha value is -2.08. The fourth-order valence-electron chi connectivity index (χ4n) is 2.47. The molecule has 0 radical (unpaired) electrons. The number of carbonyl (C=O) groups is 2. The number of carboxylic acid groups (broad SMARTS) is 1. The summed E-state index contributed by atoms with van der Waals surface area (Å²) in [6.07, 6.45) is 0.592. The summed E-state index contributed by atoms with van der Waals surface area (Å²) in [5.41, 5.74) is 1.07. The standard InChI is InChI=1S/C16H21NO5/c1-21-13-5-2-12(3-6-13)4-7-15(18)17-8-9-22-14(11-17)10-16(19)20/h2-3,5-6,14H,4,7-11H2,1H3,(H,19,20). The van der Waals surface area contributed by atoms with Gasteiger partial charge in [-0.15, -0.1) is 0 Å². The molecule has 0 saturated carbocycles. The lowest BCUT2D eigenvalue weighted by Gasteiger charge is -2.32. The minimum atomic E-state index is -0.905. The van der Waals surface area contributed by atoms with Crippen molar-refractivity contribution in [3.63, 3.8) is 0 Å². The van der Waals surface area contributed by atoms with E-state index in [1.165, 1.54) is 0 Å². The maximum absolute atomic E-state index is 12.2. The number of carbonyl (C=O) groups excluding carboxylic acids is 1. The Morgan fingerprint density at radius 2 is 2.09 bits per heavy atom. The Labute approximate surface area is 129 Å². The molecule has 120 valence electrons. The predicted octanol–water partition coefficient (Wildman–Crippen LogP) is 1.33. The Bertz CT molecular complexity index is 514. The molecular formula is C16H21NO5. The average molecular weight is 307 g/mol. The molecule has 0 aliphatic carbocycles. The van der Waals surface area contributed by atoms with Crippen LogP contribution in [0.1, 0.15) is 18.4 Å². The number of morpholine rings is 1. The third kappa shape index (κ3) is 4.73. The lowest BCUT2D eigenvalue weighted by molar-refractivity contribution is -0.147. The van der Waals surface area contributed by atoms with E-state index in [0.717, 1.165) is 11.3 Å². The minimum absolute atomic E-state index is 0.0366. The van der Waals surface area contributed by atoms with Crippen molar-refractivity contribution in [1.29, 1.82) is 0 Å². The number of hydrogen-bond donors (Lipinski definition) is 1. The van der Waals surface area contributed by atoms with Crippen molar-refractivity contribution in [2.75, 3.05) is 26.8 Å². The van der Waals surface area contributed by atoms with Gasteiger partial charge in [-0.25, -0.2) is 0 Å². The third-order valence-corrected chi connectivity index (χ3v) is 3.68. The summed E-state index contributed by atoms with van der Waals surface area (Å²) in [7, 11) is 1.62. The fraction of sp³-hybridized carbons (Fsp3) is 0.500. The van der Waals surface area contributed by atoms with Crippen molar-refractivity contribution in [3.8, 4) is 5.75 Å². The Kier molecular flexibility index (Phi) is 5.77. The molecule has 1 aliphatic rings. The molecule has 22 heavy (non-hydrogen) atoms. The first-order valence-corrected chi connectivity index (χ1v) is 7.32. The molecule has 1 unspecified atom stereocenters. The van der Waals surface area contributed by atoms with Crippen LogP contribution in [0, 0.1) is 0 Å². The molecule has 1 fully saturated rings. The first-order valence-electron chi connectivity index (χ1n) is 7.32. The van der Waals surface area contributed by atoms with E-state index in [-0.39, 0.29) is 12.3 Å². The molecule has 1 saturated heterocycles. The Balaban J connectivity index is 1.81. The van der Waals surface area contributed by atoms with Crippen LogP contribution in [-0.4, -0.2) is 54.8 Å². The van der Waals surface area contributed by atoms with E-state index in [4.69, 9.17) is 14.6 Å². The highest BCUT2D eigenvalue weighted by Gasteiger charge is 2.25. The molecule has 1 atom stereocenters. The van der Waals surface area contributed by atoms with E-state index in [1.54, 1.807) is 12.0 Å². The van der Waals surface area contributed by atoms with E-state index in [1.807, 2.05) is 24.3 Å². The zero-order valence-corrected chi connectivity index (χ0v) is 12.7. The lowest BCUT2D eigenvalue weighted by Crippen LogP contribution is -2.46. The van der Waals surface area contributed by atoms with Crippen molar-refractivity contribution in [2.24, 2.45) is 0 Å². The van der Waals surface area contributed by atoms with Gasteiger partial charge in [-0.1, -0.05) is 12.1 Å². The number of carboxylic acids is 1. The fourth-order valence-corrected chi connectivity index (χ4v) is 2.47. The van der Waals surface area contributed by atoms with Gasteiger partial charge < -0.3 is 19.5 Å². The highest BCUT2D eigenvalue weighted by atomic mass is 16.5. The number of amides is 1. The first kappa shape index (κ1) is 16.3. The Morgan fingerprint density at radius 1 is 1.36 bits per heavy atom. The van der Waals surface area contributed by atoms with E-state index in [9.17, 15) is 9.59 Å². The van der Waals surface area contributed by atoms with Gasteiger partial charge in [0, 0.05) is 19.5 Å². The second-order valence-corrected chi connectivity index (χ2v) is 5.28. The number of benzene rings is 1. The first-order chi connectivity index (χ1) is 10.6. The molecule has 2 rings (SSSR count). The molecule has 0 spiro atoms. The predicted molar refractivity (Wildman–Crippen MR) is 79.9 cm³/mol. The summed E-state index contributed by atoms with van der Waals surface area (Å²) < 4.78 is 10.5. The van der Waals surface area contributed by atoms with Gasteiger partial charge in [0.1, 0.15) is 5.75 Å². The van der Waals surface area contributed by atoms with Gasteiger partial charge in [0.2, 0.25) is 5.91 Å². The van der Waals surface area contributed by atoms with Gasteiger partial charge in [0.15, 0.2) is 0 Å². The van der Waals surface area contributed by atoms with E-state index in [2.05, 4.69) is 0 Å². The van der Waals surface area contributed by atoms with Crippen molar-refractivity contribution in [2.45, 2.75) is 25.4 Å². The zero-order chi connectivity index (χ0) is 15.9. The topological polar surface area (TPSA) is 76.1 Å². The third-order valence-electron chi connectivity index (χ3n) is 3.68. The van der Waals surface area contributed by atoms with Crippen LogP contribution in [0.4, 0.5) is 0 Å². The van der Waals surface area contributed by atoms with E-state index in [0.29, 0.717) is 32.5 Å². The van der Waals surface area contributed by atoms with Crippen molar-refractivity contribution < 1.29 is 24.2 Å². The highest BCUT2D eigenvalue weighted by Crippen LogP contribution is 2.14. The summed E-state index contributed by atoms with van der Waals surface area (Å²) in [5.74, 6) is -0.0770. The Morgan fingerprint density at radius 3 is 2.73 bits per heavy atom. The van der Waals surface area contributed by atoms with Crippen LogP contribution in [-0.2, 0) is 20.7 Å². The zero-order valence-electron chi connectivity index (χ0n) is 12.7. The SMILES string of the molecule is COc1ccc(CCC(=O)N2CCOC(CC(=O)O)C2)cc1. The van der Waals surface area contributed by atoms with Crippen LogP contribution in [0.3, 0.4) is 0 Å². The molecule has 6 heteroatoms. The van der Waals surface area contributed by atoms with Gasteiger partial charge >= 0.3 is 5.97 Å². The number of methoxy groups -OCH3 is 1. The molecule has 1 aromatic carbocycles. The van der Waals surface area contributed by atoms with E-state index < -0.39 is 12.1 Å². The normalized spacial score (nSPS) is 18.0. The van der Waals surface area contributed by atoms with Crippen LogP contribution in [0.5, 0.6) is 5.75 Å². The van der Waals surface area contributed by atoms with E-state index >= 15 is 0 Å². The molecule has 1 aliphatic heterocycles.